The predicted molar refractivity (Wildman–Crippen MR) is 134 cm³/mol. The average Bonchev–Trinajstić information content (AvgIpc) is 3.21. The van der Waals surface area contributed by atoms with Gasteiger partial charge in [-0.25, -0.2) is 0 Å². The molecule has 5 nitrogen and oxygen atoms in total. The Hall–Kier alpha value is -2.28. The van der Waals surface area contributed by atoms with Crippen LogP contribution in [0.25, 0.3) is 10.1 Å². The molecule has 1 aromatic heterocycles. The van der Waals surface area contributed by atoms with E-state index in [2.05, 4.69) is 41.6 Å². The molecule has 0 unspecified atom stereocenters. The summed E-state index contributed by atoms with van der Waals surface area (Å²) in [6.45, 7) is 3.53. The van der Waals surface area contributed by atoms with Crippen molar-refractivity contribution in [3.05, 3.63) is 58.5 Å². The van der Waals surface area contributed by atoms with Crippen LogP contribution in [-0.4, -0.2) is 63.2 Å². The number of hydrogen-bond acceptors (Lipinski definition) is 5. The van der Waals surface area contributed by atoms with Crippen LogP contribution in [0.15, 0.2) is 41.8 Å². The van der Waals surface area contributed by atoms with Crippen LogP contribution in [0.4, 0.5) is 0 Å². The van der Waals surface area contributed by atoms with Gasteiger partial charge in [-0.15, -0.1) is 23.7 Å². The first-order chi connectivity index (χ1) is 15.1. The molecule has 0 atom stereocenters. The molecule has 0 aliphatic carbocycles. The van der Waals surface area contributed by atoms with Gasteiger partial charge in [-0.3, -0.25) is 4.79 Å². The molecule has 32 heavy (non-hydrogen) atoms. The standard InChI is InChI=1S/C25H30N2O3S.ClH/c1-26(13-9-19-17-31-24-8-5-4-7-20(19)24)11-6-12-27-14-10-18-15-22(29-2)23(30-3)16-21(18)25(27)28;/h4-5,7-8,15-17H,6,9-14H2,1-3H3;1H. The summed E-state index contributed by atoms with van der Waals surface area (Å²) in [4.78, 5) is 17.3. The van der Waals surface area contributed by atoms with Gasteiger partial charge in [0.2, 0.25) is 0 Å². The minimum Gasteiger partial charge on any atom is -0.493 e. The van der Waals surface area contributed by atoms with Crippen molar-refractivity contribution in [2.75, 3.05) is 47.4 Å². The average molecular weight is 475 g/mol. The minimum absolute atomic E-state index is 0. The number of fused-ring (bicyclic) bond motifs is 2. The van der Waals surface area contributed by atoms with Gasteiger partial charge in [-0.1, -0.05) is 18.2 Å². The highest BCUT2D eigenvalue weighted by Crippen LogP contribution is 2.33. The van der Waals surface area contributed by atoms with Crippen molar-refractivity contribution in [2.24, 2.45) is 0 Å². The zero-order valence-electron chi connectivity index (χ0n) is 18.9. The smallest absolute Gasteiger partial charge is 0.254 e. The Kier molecular flexibility index (Phi) is 8.40. The van der Waals surface area contributed by atoms with Crippen LogP contribution in [0.1, 0.15) is 27.9 Å². The van der Waals surface area contributed by atoms with E-state index < -0.39 is 0 Å². The third kappa shape index (κ3) is 5.20. The van der Waals surface area contributed by atoms with E-state index in [1.165, 1.54) is 15.6 Å². The van der Waals surface area contributed by atoms with E-state index in [-0.39, 0.29) is 18.3 Å². The zero-order valence-corrected chi connectivity index (χ0v) is 20.6. The monoisotopic (exact) mass is 474 g/mol. The molecule has 2 aromatic carbocycles. The molecule has 0 fully saturated rings. The molecule has 2 heterocycles. The van der Waals surface area contributed by atoms with Crippen molar-refractivity contribution in [1.29, 1.82) is 0 Å². The van der Waals surface area contributed by atoms with Crippen molar-refractivity contribution in [3.63, 3.8) is 0 Å². The highest BCUT2D eigenvalue weighted by molar-refractivity contribution is 7.17. The molecular formula is C25H31ClN2O3S. The Morgan fingerprint density at radius 3 is 2.62 bits per heavy atom. The summed E-state index contributed by atoms with van der Waals surface area (Å²) in [5.74, 6) is 1.38. The second-order valence-electron chi connectivity index (χ2n) is 8.07. The quantitative estimate of drug-likeness (QED) is 0.442. The van der Waals surface area contributed by atoms with Crippen LogP contribution < -0.4 is 9.47 Å². The lowest BCUT2D eigenvalue weighted by Crippen LogP contribution is -2.39. The number of amides is 1. The number of thiophene rings is 1. The molecule has 0 bridgehead atoms. The van der Waals surface area contributed by atoms with Crippen LogP contribution >= 0.6 is 23.7 Å². The number of methoxy groups -OCH3 is 2. The number of ether oxygens (including phenoxy) is 2. The maximum Gasteiger partial charge on any atom is 0.254 e. The normalized spacial score (nSPS) is 13.2. The number of halogens is 1. The van der Waals surface area contributed by atoms with E-state index in [0.29, 0.717) is 11.5 Å². The Balaban J connectivity index is 0.00000289. The van der Waals surface area contributed by atoms with Crippen molar-refractivity contribution in [2.45, 2.75) is 19.3 Å². The molecule has 0 saturated heterocycles. The van der Waals surface area contributed by atoms with Gasteiger partial charge in [0, 0.05) is 29.9 Å². The number of likely N-dealkylation sites (N-methyl/N-ethyl adjacent to an activating group) is 1. The number of hydrogen-bond donors (Lipinski definition) is 0. The maximum atomic E-state index is 13.0. The van der Waals surface area contributed by atoms with Crippen molar-refractivity contribution < 1.29 is 14.3 Å². The third-order valence-corrected chi connectivity index (χ3v) is 7.08. The topological polar surface area (TPSA) is 42.0 Å². The Bertz CT molecular complexity index is 1070. The van der Waals surface area contributed by atoms with Gasteiger partial charge in [-0.05, 0) is 72.9 Å². The van der Waals surface area contributed by atoms with E-state index >= 15 is 0 Å². The van der Waals surface area contributed by atoms with Gasteiger partial charge >= 0.3 is 0 Å². The van der Waals surface area contributed by atoms with Gasteiger partial charge in [0.25, 0.3) is 5.91 Å². The Labute approximate surface area is 200 Å². The summed E-state index contributed by atoms with van der Waals surface area (Å²) in [5.41, 5.74) is 3.21. The van der Waals surface area contributed by atoms with Crippen molar-refractivity contribution in [1.82, 2.24) is 9.80 Å². The SMILES string of the molecule is COc1cc2c(cc1OC)C(=O)N(CCCN(C)CCc1csc3ccccc13)CC2.Cl. The summed E-state index contributed by atoms with van der Waals surface area (Å²) in [5, 5.41) is 3.66. The van der Waals surface area contributed by atoms with E-state index in [1.807, 2.05) is 28.4 Å². The molecule has 1 aliphatic rings. The van der Waals surface area contributed by atoms with E-state index in [4.69, 9.17) is 9.47 Å². The fourth-order valence-electron chi connectivity index (χ4n) is 4.25. The first kappa shape index (κ1) is 24.4. The fraction of sp³-hybridized carbons (Fsp3) is 0.400. The zero-order chi connectivity index (χ0) is 21.8. The minimum atomic E-state index is 0. The summed E-state index contributed by atoms with van der Waals surface area (Å²) >= 11 is 1.82. The molecule has 172 valence electrons. The molecule has 0 radical (unpaired) electrons. The highest BCUT2D eigenvalue weighted by atomic mass is 35.5. The second kappa shape index (κ2) is 11.0. The van der Waals surface area contributed by atoms with E-state index in [0.717, 1.165) is 56.6 Å². The van der Waals surface area contributed by atoms with Crippen LogP contribution in [0.3, 0.4) is 0 Å². The molecule has 0 spiro atoms. The number of rotatable bonds is 9. The van der Waals surface area contributed by atoms with Crippen molar-refractivity contribution >= 4 is 39.7 Å². The first-order valence-corrected chi connectivity index (χ1v) is 11.7. The number of nitrogens with zero attached hydrogens (tertiary/aromatic N) is 2. The molecule has 1 aliphatic heterocycles. The molecule has 0 saturated carbocycles. The molecule has 0 N–H and O–H groups in total. The van der Waals surface area contributed by atoms with Gasteiger partial charge in [0.05, 0.1) is 14.2 Å². The van der Waals surface area contributed by atoms with Crippen LogP contribution in [0.2, 0.25) is 0 Å². The van der Waals surface area contributed by atoms with Gasteiger partial charge in [0.15, 0.2) is 11.5 Å². The fourth-order valence-corrected chi connectivity index (χ4v) is 5.25. The van der Waals surface area contributed by atoms with Gasteiger partial charge < -0.3 is 19.3 Å². The lowest BCUT2D eigenvalue weighted by molar-refractivity contribution is 0.0732. The molecule has 3 aromatic rings. The Morgan fingerprint density at radius 1 is 1.09 bits per heavy atom. The largest absolute Gasteiger partial charge is 0.493 e. The summed E-state index contributed by atoms with van der Waals surface area (Å²) < 4.78 is 12.1. The van der Waals surface area contributed by atoms with Crippen molar-refractivity contribution in [3.8, 4) is 11.5 Å². The van der Waals surface area contributed by atoms with E-state index in [1.54, 1.807) is 14.2 Å². The summed E-state index contributed by atoms with van der Waals surface area (Å²) in [7, 11) is 5.39. The van der Waals surface area contributed by atoms with Crippen LogP contribution in [-0.2, 0) is 12.8 Å². The van der Waals surface area contributed by atoms with Crippen LogP contribution in [0.5, 0.6) is 11.5 Å². The second-order valence-corrected chi connectivity index (χ2v) is 8.98. The number of carbonyl (C=O) groups is 1. The molecular weight excluding hydrogens is 444 g/mol. The van der Waals surface area contributed by atoms with E-state index in [9.17, 15) is 4.79 Å². The number of carbonyl (C=O) groups excluding carboxylic acids is 1. The molecule has 7 heteroatoms. The first-order valence-electron chi connectivity index (χ1n) is 10.8. The van der Waals surface area contributed by atoms with Gasteiger partial charge in [0.1, 0.15) is 0 Å². The maximum absolute atomic E-state index is 13.0. The van der Waals surface area contributed by atoms with Crippen LogP contribution in [0, 0.1) is 0 Å². The number of benzene rings is 2. The summed E-state index contributed by atoms with van der Waals surface area (Å²) in [6, 6.07) is 12.4. The lowest BCUT2D eigenvalue weighted by atomic mass is 9.98. The highest BCUT2D eigenvalue weighted by Gasteiger charge is 2.26. The predicted octanol–water partition coefficient (Wildman–Crippen LogP) is 4.90. The molecule has 4 rings (SSSR count). The molecule has 1 amide bonds. The van der Waals surface area contributed by atoms with Gasteiger partial charge in [-0.2, -0.15) is 0 Å². The Morgan fingerprint density at radius 2 is 1.84 bits per heavy atom. The summed E-state index contributed by atoms with van der Waals surface area (Å²) in [6.07, 6.45) is 2.87. The third-order valence-electron chi connectivity index (χ3n) is 6.07. The lowest BCUT2D eigenvalue weighted by Gasteiger charge is -2.30.